The van der Waals surface area contributed by atoms with Crippen LogP contribution >= 0.6 is 22.7 Å². The molecule has 0 aliphatic rings. The predicted molar refractivity (Wildman–Crippen MR) is 97.1 cm³/mol. The first-order chi connectivity index (χ1) is 11.9. The zero-order chi connectivity index (χ0) is 18.1. The third kappa shape index (κ3) is 3.40. The summed E-state index contributed by atoms with van der Waals surface area (Å²) in [7, 11) is 0. The van der Waals surface area contributed by atoms with Crippen LogP contribution in [0.15, 0.2) is 17.6 Å². The highest BCUT2D eigenvalue weighted by molar-refractivity contribution is 7.13. The Morgan fingerprint density at radius 1 is 1.24 bits per heavy atom. The van der Waals surface area contributed by atoms with Gasteiger partial charge >= 0.3 is 5.97 Å². The summed E-state index contributed by atoms with van der Waals surface area (Å²) in [6.45, 7) is 7.06. The molecule has 0 saturated heterocycles. The fourth-order valence-electron chi connectivity index (χ4n) is 2.66. The van der Waals surface area contributed by atoms with Crippen LogP contribution in [0.25, 0.3) is 5.13 Å². The van der Waals surface area contributed by atoms with Gasteiger partial charge in [0.2, 0.25) is 5.78 Å². The Kier molecular flexibility index (Phi) is 4.82. The lowest BCUT2D eigenvalue weighted by Gasteiger charge is -2.06. The maximum Gasteiger partial charge on any atom is 0.350 e. The molecule has 0 N–H and O–H groups in total. The van der Waals surface area contributed by atoms with E-state index in [9.17, 15) is 9.59 Å². The van der Waals surface area contributed by atoms with Crippen LogP contribution in [0.1, 0.15) is 42.1 Å². The highest BCUT2D eigenvalue weighted by Crippen LogP contribution is 2.23. The van der Waals surface area contributed by atoms with E-state index in [-0.39, 0.29) is 12.4 Å². The lowest BCUT2D eigenvalue weighted by atomic mass is 10.1. The molecule has 25 heavy (non-hydrogen) atoms. The van der Waals surface area contributed by atoms with Crippen LogP contribution in [0.4, 0.5) is 0 Å². The number of carbonyl (C=O) groups is 2. The van der Waals surface area contributed by atoms with E-state index in [0.29, 0.717) is 16.1 Å². The molecule has 0 amide bonds. The van der Waals surface area contributed by atoms with Crippen LogP contribution in [-0.4, -0.2) is 32.9 Å². The first-order valence-electron chi connectivity index (χ1n) is 7.61. The summed E-state index contributed by atoms with van der Waals surface area (Å²) in [6.07, 6.45) is 1.72. The quantitative estimate of drug-likeness (QED) is 0.502. The number of rotatable bonds is 5. The van der Waals surface area contributed by atoms with E-state index in [1.165, 1.54) is 22.7 Å². The molecule has 3 aromatic heterocycles. The first-order valence-corrected chi connectivity index (χ1v) is 9.31. The highest BCUT2D eigenvalue weighted by Gasteiger charge is 2.21. The fourth-order valence-corrected chi connectivity index (χ4v) is 4.23. The van der Waals surface area contributed by atoms with E-state index in [4.69, 9.17) is 4.74 Å². The van der Waals surface area contributed by atoms with Crippen molar-refractivity contribution in [2.24, 2.45) is 0 Å². The second-order valence-electron chi connectivity index (χ2n) is 5.58. The molecular formula is C17H17N3O3S2. The molecule has 3 rings (SSSR count). The molecular weight excluding hydrogens is 358 g/mol. The number of aromatic nitrogens is 3. The minimum Gasteiger partial charge on any atom is -0.453 e. The summed E-state index contributed by atoms with van der Waals surface area (Å²) in [5.41, 5.74) is 2.87. The standard InChI is InChI=1S/C17H17N3O3S2/c1-9-7-13(11(3)20(9)17-18-5-6-24-17)14(21)8-23-16(22)15-10(2)19-12(4)25-15/h5-7H,8H2,1-4H3. The summed E-state index contributed by atoms with van der Waals surface area (Å²) < 4.78 is 7.12. The molecule has 0 fully saturated rings. The molecule has 0 bridgehead atoms. The molecule has 0 saturated carbocycles. The van der Waals surface area contributed by atoms with E-state index < -0.39 is 5.97 Å². The zero-order valence-corrected chi connectivity index (χ0v) is 16.0. The van der Waals surface area contributed by atoms with Crippen molar-refractivity contribution in [1.82, 2.24) is 14.5 Å². The number of aryl methyl sites for hydroxylation is 3. The SMILES string of the molecule is Cc1nc(C)c(C(=O)OCC(=O)c2cc(C)n(-c3nccs3)c2C)s1. The third-order valence-electron chi connectivity index (χ3n) is 3.77. The van der Waals surface area contributed by atoms with Gasteiger partial charge in [-0.25, -0.2) is 14.8 Å². The van der Waals surface area contributed by atoms with Gasteiger partial charge in [0.15, 0.2) is 11.7 Å². The second-order valence-corrected chi connectivity index (χ2v) is 7.66. The summed E-state index contributed by atoms with van der Waals surface area (Å²) in [5, 5.41) is 3.49. The predicted octanol–water partition coefficient (Wildman–Crippen LogP) is 3.66. The zero-order valence-electron chi connectivity index (χ0n) is 14.3. The van der Waals surface area contributed by atoms with Crippen molar-refractivity contribution in [2.45, 2.75) is 27.7 Å². The average molecular weight is 375 g/mol. The topological polar surface area (TPSA) is 74.1 Å². The first kappa shape index (κ1) is 17.5. The lowest BCUT2D eigenvalue weighted by molar-refractivity contribution is 0.0478. The maximum atomic E-state index is 12.5. The smallest absolute Gasteiger partial charge is 0.350 e. The number of esters is 1. The van der Waals surface area contributed by atoms with E-state index in [2.05, 4.69) is 9.97 Å². The van der Waals surface area contributed by atoms with Crippen molar-refractivity contribution in [3.8, 4) is 5.13 Å². The molecule has 0 unspecified atom stereocenters. The molecule has 0 radical (unpaired) electrons. The van der Waals surface area contributed by atoms with Crippen molar-refractivity contribution in [1.29, 1.82) is 0 Å². The van der Waals surface area contributed by atoms with Gasteiger partial charge in [-0.05, 0) is 33.8 Å². The van der Waals surface area contributed by atoms with Crippen LogP contribution in [0, 0.1) is 27.7 Å². The Hall–Kier alpha value is -2.32. The Bertz CT molecular complexity index is 939. The van der Waals surface area contributed by atoms with E-state index in [0.717, 1.165) is 21.5 Å². The number of Topliss-reactive ketones (excluding diaryl/α,β-unsaturated/α-hetero) is 1. The Morgan fingerprint density at radius 3 is 2.60 bits per heavy atom. The van der Waals surface area contributed by atoms with Crippen LogP contribution in [0.3, 0.4) is 0 Å². The second kappa shape index (κ2) is 6.89. The van der Waals surface area contributed by atoms with Gasteiger partial charge in [0.05, 0.1) is 10.7 Å². The molecule has 0 atom stereocenters. The molecule has 130 valence electrons. The normalized spacial score (nSPS) is 10.9. The largest absolute Gasteiger partial charge is 0.453 e. The molecule has 6 nitrogen and oxygen atoms in total. The fraction of sp³-hybridized carbons (Fsp3) is 0.294. The highest BCUT2D eigenvalue weighted by atomic mass is 32.1. The molecule has 3 aromatic rings. The Labute approximate surface area is 153 Å². The minimum atomic E-state index is -0.509. The van der Waals surface area contributed by atoms with Gasteiger partial charge in [-0.2, -0.15) is 0 Å². The maximum absolute atomic E-state index is 12.5. The van der Waals surface area contributed by atoms with Crippen molar-refractivity contribution < 1.29 is 14.3 Å². The van der Waals surface area contributed by atoms with Crippen LogP contribution in [0.2, 0.25) is 0 Å². The Morgan fingerprint density at radius 2 is 2.00 bits per heavy atom. The molecule has 3 heterocycles. The number of hydrogen-bond donors (Lipinski definition) is 0. The van der Waals surface area contributed by atoms with Gasteiger partial charge in [0, 0.05) is 28.5 Å². The van der Waals surface area contributed by atoms with Crippen LogP contribution < -0.4 is 0 Å². The van der Waals surface area contributed by atoms with E-state index in [1.807, 2.05) is 30.7 Å². The number of ketones is 1. The molecule has 0 aliphatic heterocycles. The van der Waals surface area contributed by atoms with Gasteiger partial charge in [0.25, 0.3) is 0 Å². The van der Waals surface area contributed by atoms with Crippen LogP contribution in [0.5, 0.6) is 0 Å². The average Bonchev–Trinajstić information content (AvgIpc) is 3.25. The van der Waals surface area contributed by atoms with Gasteiger partial charge in [-0.1, -0.05) is 0 Å². The van der Waals surface area contributed by atoms with Gasteiger partial charge in [0.1, 0.15) is 4.88 Å². The molecule has 0 spiro atoms. The number of hydrogen-bond acceptors (Lipinski definition) is 7. The van der Waals surface area contributed by atoms with E-state index >= 15 is 0 Å². The molecule has 0 aromatic carbocycles. The van der Waals surface area contributed by atoms with Gasteiger partial charge < -0.3 is 4.74 Å². The van der Waals surface area contributed by atoms with Crippen molar-refractivity contribution >= 4 is 34.4 Å². The van der Waals surface area contributed by atoms with Crippen molar-refractivity contribution in [3.63, 3.8) is 0 Å². The van der Waals surface area contributed by atoms with E-state index in [1.54, 1.807) is 19.2 Å². The number of thiazole rings is 2. The lowest BCUT2D eigenvalue weighted by Crippen LogP contribution is -2.15. The summed E-state index contributed by atoms with van der Waals surface area (Å²) in [4.78, 5) is 33.6. The third-order valence-corrected chi connectivity index (χ3v) is 5.57. The van der Waals surface area contributed by atoms with Crippen molar-refractivity contribution in [2.75, 3.05) is 6.61 Å². The minimum absolute atomic E-state index is 0.233. The van der Waals surface area contributed by atoms with Gasteiger partial charge in [-0.3, -0.25) is 9.36 Å². The van der Waals surface area contributed by atoms with Gasteiger partial charge in [-0.15, -0.1) is 22.7 Å². The molecule has 0 aliphatic carbocycles. The number of nitrogens with zero attached hydrogens (tertiary/aromatic N) is 3. The van der Waals surface area contributed by atoms with Crippen molar-refractivity contribution in [3.05, 3.63) is 50.2 Å². The number of ether oxygens (including phenoxy) is 1. The monoisotopic (exact) mass is 375 g/mol. The molecule has 8 heteroatoms. The van der Waals surface area contributed by atoms with Crippen LogP contribution in [-0.2, 0) is 4.74 Å². The summed E-state index contributed by atoms with van der Waals surface area (Å²) in [6, 6.07) is 1.80. The number of carbonyl (C=O) groups excluding carboxylic acids is 2. The Balaban J connectivity index is 1.75. The summed E-state index contributed by atoms with van der Waals surface area (Å²) >= 11 is 2.77. The summed E-state index contributed by atoms with van der Waals surface area (Å²) in [5.74, 6) is -0.742.